The molecular formula is C13H7FN2O2S. The molecule has 0 N–H and O–H groups in total. The van der Waals surface area contributed by atoms with Crippen molar-refractivity contribution in [3.8, 4) is 6.07 Å². The van der Waals surface area contributed by atoms with Crippen LogP contribution in [0.2, 0.25) is 0 Å². The van der Waals surface area contributed by atoms with E-state index in [0.717, 1.165) is 4.90 Å². The summed E-state index contributed by atoms with van der Waals surface area (Å²) in [5.74, 6) is -0.338. The Morgan fingerprint density at radius 3 is 2.37 bits per heavy atom. The maximum Gasteiger partial charge on any atom is 0.288 e. The van der Waals surface area contributed by atoms with Crippen LogP contribution in [0.15, 0.2) is 52.3 Å². The molecule has 94 valence electrons. The van der Waals surface area contributed by atoms with Gasteiger partial charge in [0.15, 0.2) is 0 Å². The summed E-state index contributed by atoms with van der Waals surface area (Å²) >= 11 is 1.27. The molecule has 6 heteroatoms. The molecule has 0 amide bonds. The molecule has 0 fully saturated rings. The molecule has 0 spiro atoms. The van der Waals surface area contributed by atoms with E-state index in [1.807, 2.05) is 0 Å². The van der Waals surface area contributed by atoms with Gasteiger partial charge in [-0.25, -0.2) is 4.39 Å². The smallest absolute Gasteiger partial charge is 0.258 e. The fraction of sp³-hybridized carbons (Fsp3) is 0. The van der Waals surface area contributed by atoms with E-state index in [-0.39, 0.29) is 17.1 Å². The van der Waals surface area contributed by atoms with Gasteiger partial charge in [0.2, 0.25) is 0 Å². The summed E-state index contributed by atoms with van der Waals surface area (Å²) in [6.07, 6.45) is 0. The quantitative estimate of drug-likeness (QED) is 0.631. The lowest BCUT2D eigenvalue weighted by atomic mass is 10.2. The van der Waals surface area contributed by atoms with Gasteiger partial charge < -0.3 is 0 Å². The number of hydrogen-bond donors (Lipinski definition) is 0. The summed E-state index contributed by atoms with van der Waals surface area (Å²) < 4.78 is 12.8. The number of nitrogens with zero attached hydrogens (tertiary/aromatic N) is 2. The van der Waals surface area contributed by atoms with Gasteiger partial charge in [-0.3, -0.25) is 10.1 Å². The summed E-state index contributed by atoms with van der Waals surface area (Å²) in [6.45, 7) is 0. The summed E-state index contributed by atoms with van der Waals surface area (Å²) in [5, 5.41) is 19.6. The lowest BCUT2D eigenvalue weighted by molar-refractivity contribution is -0.385. The van der Waals surface area contributed by atoms with Crippen molar-refractivity contribution in [3.05, 3.63) is 64.0 Å². The van der Waals surface area contributed by atoms with E-state index in [1.54, 1.807) is 24.3 Å². The summed E-state index contributed by atoms with van der Waals surface area (Å²) in [4.78, 5) is 11.6. The number of nitro groups is 1. The second kappa shape index (κ2) is 5.50. The Morgan fingerprint density at radius 1 is 1.16 bits per heavy atom. The minimum Gasteiger partial charge on any atom is -0.258 e. The molecule has 0 radical (unpaired) electrons. The van der Waals surface area contributed by atoms with Crippen LogP contribution in [0.25, 0.3) is 0 Å². The summed E-state index contributed by atoms with van der Waals surface area (Å²) in [5.41, 5.74) is -0.205. The van der Waals surface area contributed by atoms with Crippen molar-refractivity contribution in [3.63, 3.8) is 0 Å². The van der Waals surface area contributed by atoms with E-state index in [4.69, 9.17) is 5.26 Å². The van der Waals surface area contributed by atoms with Crippen LogP contribution >= 0.6 is 11.8 Å². The van der Waals surface area contributed by atoms with E-state index >= 15 is 0 Å². The third-order valence-electron chi connectivity index (χ3n) is 2.34. The van der Waals surface area contributed by atoms with Crippen LogP contribution in [0.1, 0.15) is 5.56 Å². The maximum absolute atomic E-state index is 12.8. The number of nitro benzene ring substituents is 1. The minimum absolute atomic E-state index is 0.0217. The third-order valence-corrected chi connectivity index (χ3v) is 3.33. The third kappa shape index (κ3) is 3.09. The first-order chi connectivity index (χ1) is 9.10. The predicted octanol–water partition coefficient (Wildman–Crippen LogP) is 3.76. The van der Waals surface area contributed by atoms with E-state index < -0.39 is 4.92 Å². The predicted molar refractivity (Wildman–Crippen MR) is 68.3 cm³/mol. The van der Waals surface area contributed by atoms with Crippen LogP contribution in [-0.2, 0) is 0 Å². The number of nitriles is 1. The Balaban J connectivity index is 2.31. The monoisotopic (exact) mass is 274 g/mol. The molecule has 0 atom stereocenters. The molecule has 0 saturated heterocycles. The van der Waals surface area contributed by atoms with Gasteiger partial charge >= 0.3 is 0 Å². The minimum atomic E-state index is -0.590. The van der Waals surface area contributed by atoms with Crippen LogP contribution in [0.5, 0.6) is 0 Å². The fourth-order valence-electron chi connectivity index (χ4n) is 1.46. The van der Waals surface area contributed by atoms with Crippen LogP contribution in [-0.4, -0.2) is 4.92 Å². The van der Waals surface area contributed by atoms with Gasteiger partial charge in [0, 0.05) is 15.9 Å². The normalized spacial score (nSPS) is 9.89. The Bertz CT molecular complexity index is 665. The molecule has 0 saturated carbocycles. The van der Waals surface area contributed by atoms with Gasteiger partial charge in [0.1, 0.15) is 17.4 Å². The molecule has 0 heterocycles. The van der Waals surface area contributed by atoms with E-state index in [0.29, 0.717) is 4.90 Å². The molecule has 2 aromatic carbocycles. The Kier molecular flexibility index (Phi) is 3.78. The average Bonchev–Trinajstić information content (AvgIpc) is 2.41. The molecule has 0 aliphatic heterocycles. The van der Waals surface area contributed by atoms with Crippen LogP contribution in [0.3, 0.4) is 0 Å². The highest BCUT2D eigenvalue weighted by Crippen LogP contribution is 2.31. The number of rotatable bonds is 3. The fourth-order valence-corrected chi connectivity index (χ4v) is 2.31. The molecule has 0 aliphatic carbocycles. The van der Waals surface area contributed by atoms with E-state index in [1.165, 1.54) is 36.0 Å². The Hall–Kier alpha value is -2.39. The van der Waals surface area contributed by atoms with Gasteiger partial charge in [0.05, 0.1) is 4.92 Å². The summed E-state index contributed by atoms with van der Waals surface area (Å²) in [6, 6.07) is 12.0. The zero-order valence-electron chi connectivity index (χ0n) is 9.54. The highest BCUT2D eigenvalue weighted by atomic mass is 32.2. The Morgan fingerprint density at radius 2 is 1.79 bits per heavy atom. The zero-order valence-corrected chi connectivity index (χ0v) is 10.4. The lowest BCUT2D eigenvalue weighted by Gasteiger charge is -2.02. The molecule has 2 aromatic rings. The van der Waals surface area contributed by atoms with Crippen molar-refractivity contribution in [2.45, 2.75) is 9.79 Å². The maximum atomic E-state index is 12.8. The van der Waals surface area contributed by atoms with Crippen molar-refractivity contribution in [2.75, 3.05) is 0 Å². The van der Waals surface area contributed by atoms with E-state index in [9.17, 15) is 14.5 Å². The van der Waals surface area contributed by atoms with Crippen molar-refractivity contribution >= 4 is 17.4 Å². The first-order valence-corrected chi connectivity index (χ1v) is 6.04. The first-order valence-electron chi connectivity index (χ1n) is 5.22. The van der Waals surface area contributed by atoms with Gasteiger partial charge in [0.25, 0.3) is 5.69 Å². The topological polar surface area (TPSA) is 66.9 Å². The second-order valence-electron chi connectivity index (χ2n) is 3.60. The first kappa shape index (κ1) is 13.1. The van der Waals surface area contributed by atoms with Crippen LogP contribution in [0.4, 0.5) is 10.1 Å². The molecule has 19 heavy (non-hydrogen) atoms. The highest BCUT2D eigenvalue weighted by Gasteiger charge is 2.14. The van der Waals surface area contributed by atoms with Crippen LogP contribution in [0, 0.1) is 27.3 Å². The molecule has 0 unspecified atom stereocenters. The average molecular weight is 274 g/mol. The molecule has 2 rings (SSSR count). The Labute approximate surface area is 112 Å². The highest BCUT2D eigenvalue weighted by molar-refractivity contribution is 7.99. The van der Waals surface area contributed by atoms with Crippen LogP contribution < -0.4 is 0 Å². The van der Waals surface area contributed by atoms with Crippen molar-refractivity contribution in [1.29, 1.82) is 5.26 Å². The standard InChI is InChI=1S/C13H7FN2O2S/c14-10-2-5-11(6-3-10)19-12-4-1-9(8-15)13(7-12)16(17)18/h1-7H. The molecule has 0 aromatic heterocycles. The van der Waals surface area contributed by atoms with Crippen molar-refractivity contribution in [2.24, 2.45) is 0 Å². The van der Waals surface area contributed by atoms with Gasteiger partial charge in [-0.2, -0.15) is 5.26 Å². The van der Waals surface area contributed by atoms with Crippen molar-refractivity contribution in [1.82, 2.24) is 0 Å². The number of benzene rings is 2. The molecular weight excluding hydrogens is 267 g/mol. The number of hydrogen-bond acceptors (Lipinski definition) is 4. The van der Waals surface area contributed by atoms with Crippen molar-refractivity contribution < 1.29 is 9.31 Å². The largest absolute Gasteiger partial charge is 0.288 e. The van der Waals surface area contributed by atoms with Gasteiger partial charge in [-0.05, 0) is 36.4 Å². The SMILES string of the molecule is N#Cc1ccc(Sc2ccc(F)cc2)cc1[N+](=O)[O-]. The van der Waals surface area contributed by atoms with Gasteiger partial charge in [-0.15, -0.1) is 0 Å². The molecule has 0 aliphatic rings. The molecule has 0 bridgehead atoms. The van der Waals surface area contributed by atoms with E-state index in [2.05, 4.69) is 0 Å². The van der Waals surface area contributed by atoms with Gasteiger partial charge in [-0.1, -0.05) is 11.8 Å². The lowest BCUT2D eigenvalue weighted by Crippen LogP contribution is -1.92. The summed E-state index contributed by atoms with van der Waals surface area (Å²) in [7, 11) is 0. The zero-order chi connectivity index (χ0) is 13.8. The second-order valence-corrected chi connectivity index (χ2v) is 4.75. The number of halogens is 1. The molecule has 4 nitrogen and oxygen atoms in total.